The van der Waals surface area contributed by atoms with Crippen molar-refractivity contribution in [2.24, 2.45) is 0 Å². The number of ether oxygens (including phenoxy) is 1. The summed E-state index contributed by atoms with van der Waals surface area (Å²) in [4.78, 5) is 1.70. The Morgan fingerprint density at radius 1 is 1.04 bits per heavy atom. The molecule has 2 aliphatic rings. The molecule has 1 fully saturated rings. The van der Waals surface area contributed by atoms with Gasteiger partial charge in [-0.1, -0.05) is 36.4 Å². The van der Waals surface area contributed by atoms with E-state index in [1.165, 1.54) is 48.2 Å². The number of allylic oxidation sites excluding steroid dienone is 1. The number of hydrogen-bond donors (Lipinski definition) is 1. The largest absolute Gasteiger partial charge is 0.496 e. The monoisotopic (exact) mass is 334 g/mol. The van der Waals surface area contributed by atoms with Gasteiger partial charge >= 0.3 is 0 Å². The zero-order valence-electron chi connectivity index (χ0n) is 15.6. The molecule has 1 heterocycles. The van der Waals surface area contributed by atoms with Gasteiger partial charge in [-0.3, -0.25) is 0 Å². The summed E-state index contributed by atoms with van der Waals surface area (Å²) in [5.74, 6) is 1.00. The molecular formula is C23H28NO+. The first-order chi connectivity index (χ1) is 12.1. The summed E-state index contributed by atoms with van der Waals surface area (Å²) in [6, 6.07) is 13.4. The van der Waals surface area contributed by atoms with Crippen LogP contribution in [0.25, 0.3) is 6.08 Å². The third-order valence-corrected chi connectivity index (χ3v) is 6.22. The molecule has 130 valence electrons. The van der Waals surface area contributed by atoms with E-state index in [9.17, 15) is 0 Å². The minimum Gasteiger partial charge on any atom is -0.496 e. The number of hydrogen-bond acceptors (Lipinski definition) is 1. The predicted molar refractivity (Wildman–Crippen MR) is 103 cm³/mol. The van der Waals surface area contributed by atoms with E-state index in [0.717, 1.165) is 12.3 Å². The molecule has 0 bridgehead atoms. The van der Waals surface area contributed by atoms with E-state index in [4.69, 9.17) is 4.74 Å². The third kappa shape index (κ3) is 2.89. The van der Waals surface area contributed by atoms with Gasteiger partial charge < -0.3 is 9.64 Å². The minimum atomic E-state index is 0.297. The lowest BCUT2D eigenvalue weighted by molar-refractivity contribution is -0.919. The van der Waals surface area contributed by atoms with Crippen LogP contribution in [0.1, 0.15) is 40.7 Å². The van der Waals surface area contributed by atoms with Crippen LogP contribution >= 0.6 is 0 Å². The zero-order chi connectivity index (χ0) is 17.4. The highest BCUT2D eigenvalue weighted by atomic mass is 16.5. The molecular weight excluding hydrogens is 306 g/mol. The fourth-order valence-corrected chi connectivity index (χ4v) is 4.63. The lowest BCUT2D eigenvalue weighted by Crippen LogP contribution is -3.12. The van der Waals surface area contributed by atoms with Gasteiger partial charge in [0.2, 0.25) is 0 Å². The van der Waals surface area contributed by atoms with Crippen LogP contribution in [0.3, 0.4) is 0 Å². The Hall–Kier alpha value is -2.06. The number of methoxy groups -OCH3 is 1. The molecule has 2 aromatic rings. The normalized spacial score (nSPS) is 24.5. The number of likely N-dealkylation sites (tertiary alicyclic amines) is 1. The molecule has 0 saturated carbocycles. The van der Waals surface area contributed by atoms with Crippen molar-refractivity contribution in [3.05, 3.63) is 70.3 Å². The van der Waals surface area contributed by atoms with Gasteiger partial charge in [0.25, 0.3) is 0 Å². The van der Waals surface area contributed by atoms with Crippen molar-refractivity contribution < 1.29 is 9.64 Å². The van der Waals surface area contributed by atoms with Gasteiger partial charge in [0.1, 0.15) is 12.3 Å². The van der Waals surface area contributed by atoms with E-state index in [-0.39, 0.29) is 0 Å². The first kappa shape index (κ1) is 16.4. The maximum atomic E-state index is 5.45. The van der Waals surface area contributed by atoms with Crippen molar-refractivity contribution in [1.82, 2.24) is 0 Å². The molecule has 1 saturated heterocycles. The highest BCUT2D eigenvalue weighted by molar-refractivity contribution is 5.65. The average Bonchev–Trinajstić information content (AvgIpc) is 2.99. The first-order valence-electron chi connectivity index (χ1n) is 9.38. The van der Waals surface area contributed by atoms with Gasteiger partial charge in [0.15, 0.2) is 0 Å². The van der Waals surface area contributed by atoms with E-state index < -0.39 is 0 Å². The lowest BCUT2D eigenvalue weighted by Gasteiger charge is -2.37. The Bertz CT molecular complexity index is 813. The van der Waals surface area contributed by atoms with E-state index in [2.05, 4.69) is 62.4 Å². The topological polar surface area (TPSA) is 13.7 Å². The Labute approximate surface area is 151 Å². The second kappa shape index (κ2) is 6.34. The molecule has 2 heteroatoms. The molecule has 4 rings (SSSR count). The zero-order valence-corrected chi connectivity index (χ0v) is 15.6. The maximum absolute atomic E-state index is 5.45. The molecule has 25 heavy (non-hydrogen) atoms. The molecule has 0 atom stereocenters. The number of quaternary nitrogens is 1. The number of nitrogens with one attached hydrogen (secondary N) is 1. The van der Waals surface area contributed by atoms with Gasteiger partial charge in [-0.15, -0.1) is 0 Å². The molecule has 1 aliphatic heterocycles. The fraction of sp³-hybridized carbons (Fsp3) is 0.391. The van der Waals surface area contributed by atoms with Crippen LogP contribution in [0.5, 0.6) is 5.75 Å². The van der Waals surface area contributed by atoms with E-state index >= 15 is 0 Å². The summed E-state index contributed by atoms with van der Waals surface area (Å²) in [6.07, 6.45) is 7.31. The SMILES string of the molecule is COc1cc(C)c(C[NH+]2CCC3(C=Cc4ccccc43)CC2)cc1C. The van der Waals surface area contributed by atoms with Crippen molar-refractivity contribution >= 4 is 6.08 Å². The highest BCUT2D eigenvalue weighted by Crippen LogP contribution is 2.41. The summed E-state index contributed by atoms with van der Waals surface area (Å²) in [5.41, 5.74) is 7.32. The van der Waals surface area contributed by atoms with Crippen LogP contribution in [-0.2, 0) is 12.0 Å². The Morgan fingerprint density at radius 2 is 1.80 bits per heavy atom. The quantitative estimate of drug-likeness (QED) is 0.908. The molecule has 1 aliphatic carbocycles. The van der Waals surface area contributed by atoms with Gasteiger partial charge in [0.05, 0.1) is 20.2 Å². The van der Waals surface area contributed by atoms with Crippen molar-refractivity contribution in [2.75, 3.05) is 20.2 Å². The smallest absolute Gasteiger partial charge is 0.122 e. The number of piperidine rings is 1. The molecule has 2 aromatic carbocycles. The Balaban J connectivity index is 1.47. The average molecular weight is 334 g/mol. The Kier molecular flexibility index (Phi) is 4.16. The molecule has 2 nitrogen and oxygen atoms in total. The number of aryl methyl sites for hydroxylation is 2. The number of benzene rings is 2. The maximum Gasteiger partial charge on any atom is 0.122 e. The minimum absolute atomic E-state index is 0.297. The van der Waals surface area contributed by atoms with Crippen molar-refractivity contribution in [1.29, 1.82) is 0 Å². The van der Waals surface area contributed by atoms with Crippen LogP contribution in [0.4, 0.5) is 0 Å². The van der Waals surface area contributed by atoms with Crippen LogP contribution < -0.4 is 9.64 Å². The fourth-order valence-electron chi connectivity index (χ4n) is 4.63. The van der Waals surface area contributed by atoms with E-state index in [1.807, 2.05) is 0 Å². The number of rotatable bonds is 3. The molecule has 0 unspecified atom stereocenters. The molecule has 1 N–H and O–H groups in total. The summed E-state index contributed by atoms with van der Waals surface area (Å²) < 4.78 is 5.45. The van der Waals surface area contributed by atoms with Crippen molar-refractivity contribution in [3.8, 4) is 5.75 Å². The summed E-state index contributed by atoms with van der Waals surface area (Å²) in [5, 5.41) is 0. The molecule has 1 spiro atoms. The van der Waals surface area contributed by atoms with Gasteiger partial charge in [0, 0.05) is 23.8 Å². The molecule has 0 aromatic heterocycles. The molecule has 0 amide bonds. The Morgan fingerprint density at radius 3 is 2.56 bits per heavy atom. The van der Waals surface area contributed by atoms with E-state index in [0.29, 0.717) is 5.41 Å². The van der Waals surface area contributed by atoms with Crippen LogP contribution in [-0.4, -0.2) is 20.2 Å². The first-order valence-corrected chi connectivity index (χ1v) is 9.38. The molecule has 0 radical (unpaired) electrons. The highest BCUT2D eigenvalue weighted by Gasteiger charge is 2.39. The predicted octanol–water partition coefficient (Wildman–Crippen LogP) is 3.46. The summed E-state index contributed by atoms with van der Waals surface area (Å²) >= 11 is 0. The van der Waals surface area contributed by atoms with Crippen molar-refractivity contribution in [2.45, 2.75) is 38.6 Å². The third-order valence-electron chi connectivity index (χ3n) is 6.22. The van der Waals surface area contributed by atoms with Gasteiger partial charge in [-0.05, 0) is 48.2 Å². The van der Waals surface area contributed by atoms with Crippen LogP contribution in [0.2, 0.25) is 0 Å². The van der Waals surface area contributed by atoms with Gasteiger partial charge in [-0.2, -0.15) is 0 Å². The van der Waals surface area contributed by atoms with Crippen LogP contribution in [0, 0.1) is 13.8 Å². The van der Waals surface area contributed by atoms with E-state index in [1.54, 1.807) is 17.6 Å². The van der Waals surface area contributed by atoms with Crippen molar-refractivity contribution in [3.63, 3.8) is 0 Å². The summed E-state index contributed by atoms with van der Waals surface area (Å²) in [6.45, 7) is 7.95. The van der Waals surface area contributed by atoms with Crippen LogP contribution in [0.15, 0.2) is 42.5 Å². The number of fused-ring (bicyclic) bond motifs is 2. The lowest BCUT2D eigenvalue weighted by atomic mass is 9.74. The van der Waals surface area contributed by atoms with Gasteiger partial charge in [-0.25, -0.2) is 0 Å². The second-order valence-corrected chi connectivity index (χ2v) is 7.75. The summed E-state index contributed by atoms with van der Waals surface area (Å²) in [7, 11) is 1.75. The standard InChI is InChI=1S/C23H27NO/c1-17-15-22(25-3)18(2)14-20(17)16-24-12-10-23(11-13-24)9-8-19-6-4-5-7-21(19)23/h4-9,14-15H,10-13,16H2,1-3H3/p+1. The second-order valence-electron chi connectivity index (χ2n) is 7.75.